The number of esters is 5. The fourth-order valence-corrected chi connectivity index (χ4v) is 4.24. The van der Waals surface area contributed by atoms with Crippen LogP contribution in [0.1, 0.15) is 33.2 Å². The number of carbonyl (C=O) groups excluding carboxylic acids is 5. The van der Waals surface area contributed by atoms with Crippen LogP contribution < -0.4 is 18.9 Å². The van der Waals surface area contributed by atoms with E-state index in [-0.39, 0.29) is 35.0 Å². The van der Waals surface area contributed by atoms with Crippen molar-refractivity contribution >= 4 is 29.8 Å². The van der Waals surface area contributed by atoms with Gasteiger partial charge in [0.2, 0.25) is 13.6 Å². The fourth-order valence-electron chi connectivity index (χ4n) is 4.24. The standard InChI is InChI=1S/C40H34O12/c1-5-36(41)49-24-47-34-20-7-27(23-35(34)48-25-50-37(42)6-2)21-22-46-39(44)30-10-8-28(9-11-30)29-12-16-33(17-13-29)52-40(45)31-14-18-32(19-15-31)51-38(43)26(3)4/h5-20,23H,1-3,21-22,24-25H2,4H3. The minimum Gasteiger partial charge on any atom is -0.462 e. The maximum Gasteiger partial charge on any atom is 0.343 e. The van der Waals surface area contributed by atoms with Crippen LogP contribution in [0.5, 0.6) is 23.0 Å². The van der Waals surface area contributed by atoms with Gasteiger partial charge in [0.05, 0.1) is 17.7 Å². The third-order valence-corrected chi connectivity index (χ3v) is 6.96. The molecule has 4 aromatic carbocycles. The van der Waals surface area contributed by atoms with Crippen molar-refractivity contribution < 1.29 is 57.1 Å². The van der Waals surface area contributed by atoms with E-state index in [1.165, 1.54) is 31.2 Å². The molecule has 0 atom stereocenters. The summed E-state index contributed by atoms with van der Waals surface area (Å²) in [6.45, 7) is 10.9. The quantitative estimate of drug-likeness (QED) is 0.0383. The van der Waals surface area contributed by atoms with Crippen LogP contribution in [0.2, 0.25) is 0 Å². The number of ether oxygens (including phenoxy) is 7. The minimum atomic E-state index is -0.679. The first kappa shape index (κ1) is 37.9. The zero-order valence-corrected chi connectivity index (χ0v) is 28.2. The highest BCUT2D eigenvalue weighted by molar-refractivity contribution is 5.92. The Labute approximate surface area is 299 Å². The maximum atomic E-state index is 12.7. The zero-order valence-electron chi connectivity index (χ0n) is 28.2. The smallest absolute Gasteiger partial charge is 0.343 e. The van der Waals surface area contributed by atoms with Crippen LogP contribution in [0.15, 0.2) is 128 Å². The van der Waals surface area contributed by atoms with Crippen LogP contribution in [-0.2, 0) is 35.0 Å². The molecule has 0 aromatic heterocycles. The van der Waals surface area contributed by atoms with Gasteiger partial charge in [-0.25, -0.2) is 24.0 Å². The molecule has 0 fully saturated rings. The van der Waals surface area contributed by atoms with Crippen molar-refractivity contribution in [3.63, 3.8) is 0 Å². The maximum absolute atomic E-state index is 12.7. The molecule has 4 rings (SSSR count). The van der Waals surface area contributed by atoms with Gasteiger partial charge in [0.25, 0.3) is 0 Å². The highest BCUT2D eigenvalue weighted by Gasteiger charge is 2.13. The molecule has 0 radical (unpaired) electrons. The molecular formula is C40H34O12. The molecule has 52 heavy (non-hydrogen) atoms. The summed E-state index contributed by atoms with van der Waals surface area (Å²) in [7, 11) is 0. The van der Waals surface area contributed by atoms with E-state index in [1.54, 1.807) is 66.7 Å². The Morgan fingerprint density at radius 1 is 0.596 bits per heavy atom. The molecule has 0 aliphatic heterocycles. The molecule has 0 saturated heterocycles. The molecule has 0 spiro atoms. The molecule has 0 amide bonds. The molecule has 12 nitrogen and oxygen atoms in total. The van der Waals surface area contributed by atoms with Crippen molar-refractivity contribution in [2.45, 2.75) is 13.3 Å². The topological polar surface area (TPSA) is 150 Å². The van der Waals surface area contributed by atoms with Crippen LogP contribution in [0, 0.1) is 0 Å². The van der Waals surface area contributed by atoms with E-state index in [1.807, 2.05) is 0 Å². The Kier molecular flexibility index (Phi) is 13.6. The van der Waals surface area contributed by atoms with Gasteiger partial charge in [-0.2, -0.15) is 0 Å². The van der Waals surface area contributed by atoms with Crippen LogP contribution in [0.3, 0.4) is 0 Å². The molecule has 0 saturated carbocycles. The summed E-state index contributed by atoms with van der Waals surface area (Å²) >= 11 is 0. The molecule has 4 aromatic rings. The van der Waals surface area contributed by atoms with Crippen LogP contribution in [0.4, 0.5) is 0 Å². The Balaban J connectivity index is 1.29. The van der Waals surface area contributed by atoms with Crippen LogP contribution >= 0.6 is 0 Å². The van der Waals surface area contributed by atoms with Crippen LogP contribution in [-0.4, -0.2) is 50.0 Å². The Bertz CT molecular complexity index is 1940. The summed E-state index contributed by atoms with van der Waals surface area (Å²) in [6.07, 6.45) is 2.31. The lowest BCUT2D eigenvalue weighted by Gasteiger charge is -2.14. The first-order valence-electron chi connectivity index (χ1n) is 15.6. The summed E-state index contributed by atoms with van der Waals surface area (Å²) < 4.78 is 36.7. The van der Waals surface area contributed by atoms with Crippen molar-refractivity contribution in [2.24, 2.45) is 0 Å². The lowest BCUT2D eigenvalue weighted by molar-refractivity contribution is -0.146. The van der Waals surface area contributed by atoms with E-state index in [2.05, 4.69) is 19.7 Å². The van der Waals surface area contributed by atoms with E-state index >= 15 is 0 Å². The second kappa shape index (κ2) is 18.7. The van der Waals surface area contributed by atoms with Crippen molar-refractivity contribution in [1.29, 1.82) is 0 Å². The summed E-state index contributed by atoms with van der Waals surface area (Å²) in [5, 5.41) is 0. The number of hydrogen-bond donors (Lipinski definition) is 0. The van der Waals surface area contributed by atoms with Crippen molar-refractivity contribution in [1.82, 2.24) is 0 Å². The van der Waals surface area contributed by atoms with Gasteiger partial charge in [-0.1, -0.05) is 50.1 Å². The van der Waals surface area contributed by atoms with Crippen molar-refractivity contribution in [3.05, 3.63) is 145 Å². The third-order valence-electron chi connectivity index (χ3n) is 6.96. The largest absolute Gasteiger partial charge is 0.462 e. The Morgan fingerprint density at radius 2 is 1.10 bits per heavy atom. The SMILES string of the molecule is C=CC(=O)OCOc1ccc(CCOC(=O)c2ccc(-c3ccc(OC(=O)c4ccc(OC(=O)C(=C)C)cc4)cc3)cc2)cc1OCOC(=O)C=C. The summed E-state index contributed by atoms with van der Waals surface area (Å²) in [5.74, 6) is -1.98. The van der Waals surface area contributed by atoms with Gasteiger partial charge in [-0.15, -0.1) is 0 Å². The normalized spacial score (nSPS) is 10.2. The number of carbonyl (C=O) groups is 5. The molecular weight excluding hydrogens is 672 g/mol. The number of benzene rings is 4. The lowest BCUT2D eigenvalue weighted by atomic mass is 10.0. The second-order valence-corrected chi connectivity index (χ2v) is 10.7. The van der Waals surface area contributed by atoms with E-state index in [9.17, 15) is 24.0 Å². The number of rotatable bonds is 17. The molecule has 0 unspecified atom stereocenters. The predicted molar refractivity (Wildman–Crippen MR) is 188 cm³/mol. The third kappa shape index (κ3) is 11.3. The monoisotopic (exact) mass is 706 g/mol. The molecule has 0 N–H and O–H groups in total. The molecule has 0 aliphatic carbocycles. The van der Waals surface area contributed by atoms with Gasteiger partial charge in [0.15, 0.2) is 11.5 Å². The predicted octanol–water partition coefficient (Wildman–Crippen LogP) is 6.58. The highest BCUT2D eigenvalue weighted by Crippen LogP contribution is 2.29. The Hall–Kier alpha value is -6.95. The van der Waals surface area contributed by atoms with E-state index in [0.29, 0.717) is 17.7 Å². The lowest BCUT2D eigenvalue weighted by Crippen LogP contribution is -2.11. The van der Waals surface area contributed by atoms with E-state index in [0.717, 1.165) is 28.8 Å². The molecule has 266 valence electrons. The van der Waals surface area contributed by atoms with Crippen molar-refractivity contribution in [2.75, 3.05) is 20.2 Å². The summed E-state index contributed by atoms with van der Waals surface area (Å²) in [6, 6.07) is 24.6. The van der Waals surface area contributed by atoms with Gasteiger partial charge in [0, 0.05) is 24.1 Å². The van der Waals surface area contributed by atoms with E-state index < -0.39 is 43.4 Å². The van der Waals surface area contributed by atoms with Gasteiger partial charge < -0.3 is 33.2 Å². The van der Waals surface area contributed by atoms with Gasteiger partial charge in [-0.05, 0) is 84.3 Å². The van der Waals surface area contributed by atoms with Crippen LogP contribution in [0.25, 0.3) is 11.1 Å². The van der Waals surface area contributed by atoms with E-state index in [4.69, 9.17) is 33.2 Å². The number of hydrogen-bond acceptors (Lipinski definition) is 12. The second-order valence-electron chi connectivity index (χ2n) is 10.7. The average molecular weight is 707 g/mol. The van der Waals surface area contributed by atoms with Crippen molar-refractivity contribution in [3.8, 4) is 34.1 Å². The minimum absolute atomic E-state index is 0.0510. The zero-order chi connectivity index (χ0) is 37.5. The fraction of sp³-hybridized carbons (Fsp3) is 0.125. The summed E-state index contributed by atoms with van der Waals surface area (Å²) in [5.41, 5.74) is 3.25. The summed E-state index contributed by atoms with van der Waals surface area (Å²) in [4.78, 5) is 59.7. The van der Waals surface area contributed by atoms with Gasteiger partial charge in [0.1, 0.15) is 11.5 Å². The molecule has 0 aliphatic rings. The van der Waals surface area contributed by atoms with Gasteiger partial charge in [-0.3, -0.25) is 0 Å². The molecule has 0 heterocycles. The first-order chi connectivity index (χ1) is 25.1. The molecule has 12 heteroatoms. The highest BCUT2D eigenvalue weighted by atomic mass is 16.7. The van der Waals surface area contributed by atoms with Gasteiger partial charge >= 0.3 is 29.8 Å². The average Bonchev–Trinajstić information content (AvgIpc) is 3.15. The first-order valence-corrected chi connectivity index (χ1v) is 15.6. The molecule has 0 bridgehead atoms. The Morgan fingerprint density at radius 3 is 1.67 bits per heavy atom.